The molecule has 0 aromatic heterocycles. The van der Waals surface area contributed by atoms with Gasteiger partial charge in [-0.05, 0) is 30.8 Å². The number of rotatable bonds is 4. The molecule has 0 saturated carbocycles. The second kappa shape index (κ2) is 7.25. The standard InChI is InChI=1S/C16H23N3O3S/c1-17(2)23(21,22)15-7-4-14(5-8-15)6-9-16(20)19-12-10-18(3)11-13-19/h4-9H,10-13H2,1-3H3/b9-6+. The Hall–Kier alpha value is -1.70. The largest absolute Gasteiger partial charge is 0.337 e. The number of carbonyl (C=O) groups excluding carboxylic acids is 1. The molecule has 1 aliphatic rings. The van der Waals surface area contributed by atoms with Crippen LogP contribution in [-0.4, -0.2) is 75.8 Å². The van der Waals surface area contributed by atoms with Crippen molar-refractivity contribution in [3.8, 4) is 0 Å². The van der Waals surface area contributed by atoms with E-state index in [1.54, 1.807) is 36.4 Å². The Bertz CT molecular complexity index is 673. The van der Waals surface area contributed by atoms with E-state index >= 15 is 0 Å². The highest BCUT2D eigenvalue weighted by Gasteiger charge is 2.17. The zero-order valence-electron chi connectivity index (χ0n) is 13.8. The van der Waals surface area contributed by atoms with Crippen LogP contribution in [0.15, 0.2) is 35.2 Å². The highest BCUT2D eigenvalue weighted by molar-refractivity contribution is 7.89. The average Bonchev–Trinajstić information content (AvgIpc) is 2.53. The molecule has 126 valence electrons. The van der Waals surface area contributed by atoms with Gasteiger partial charge in [0, 0.05) is 46.4 Å². The predicted octanol–water partition coefficient (Wildman–Crippen LogP) is 0.724. The summed E-state index contributed by atoms with van der Waals surface area (Å²) in [5, 5.41) is 0. The van der Waals surface area contributed by atoms with Crippen LogP contribution >= 0.6 is 0 Å². The summed E-state index contributed by atoms with van der Waals surface area (Å²) >= 11 is 0. The van der Waals surface area contributed by atoms with Crippen LogP contribution in [0.5, 0.6) is 0 Å². The zero-order valence-corrected chi connectivity index (χ0v) is 14.6. The second-order valence-electron chi connectivity index (χ2n) is 5.82. The van der Waals surface area contributed by atoms with E-state index in [4.69, 9.17) is 0 Å². The number of benzene rings is 1. The third-order valence-corrected chi connectivity index (χ3v) is 5.72. The first-order chi connectivity index (χ1) is 10.8. The summed E-state index contributed by atoms with van der Waals surface area (Å²) in [4.78, 5) is 16.4. The Morgan fingerprint density at radius 2 is 1.65 bits per heavy atom. The summed E-state index contributed by atoms with van der Waals surface area (Å²) in [6.45, 7) is 3.24. The molecule has 6 nitrogen and oxygen atoms in total. The number of likely N-dealkylation sites (N-methyl/N-ethyl adjacent to an activating group) is 1. The highest BCUT2D eigenvalue weighted by Crippen LogP contribution is 2.15. The lowest BCUT2D eigenvalue weighted by molar-refractivity contribution is -0.127. The molecule has 1 aromatic rings. The maximum atomic E-state index is 12.1. The normalized spacial score (nSPS) is 17.1. The van der Waals surface area contributed by atoms with E-state index < -0.39 is 10.0 Å². The first-order valence-electron chi connectivity index (χ1n) is 7.49. The van der Waals surface area contributed by atoms with E-state index in [1.807, 2.05) is 11.9 Å². The van der Waals surface area contributed by atoms with Crippen LogP contribution < -0.4 is 0 Å². The molecule has 0 aliphatic carbocycles. The molecule has 0 unspecified atom stereocenters. The molecule has 0 radical (unpaired) electrons. The van der Waals surface area contributed by atoms with Crippen LogP contribution in [-0.2, 0) is 14.8 Å². The molecular formula is C16H23N3O3S. The maximum absolute atomic E-state index is 12.1. The van der Waals surface area contributed by atoms with E-state index in [0.717, 1.165) is 31.7 Å². The molecule has 1 aliphatic heterocycles. The van der Waals surface area contributed by atoms with Gasteiger partial charge in [0.15, 0.2) is 0 Å². The van der Waals surface area contributed by atoms with E-state index in [1.165, 1.54) is 18.4 Å². The van der Waals surface area contributed by atoms with Crippen molar-refractivity contribution in [2.24, 2.45) is 0 Å². The lowest BCUT2D eigenvalue weighted by Gasteiger charge is -2.31. The zero-order chi connectivity index (χ0) is 17.0. The minimum atomic E-state index is -3.42. The Morgan fingerprint density at radius 1 is 1.09 bits per heavy atom. The molecule has 0 spiro atoms. The predicted molar refractivity (Wildman–Crippen MR) is 90.4 cm³/mol. The fourth-order valence-electron chi connectivity index (χ4n) is 2.26. The highest BCUT2D eigenvalue weighted by atomic mass is 32.2. The van der Waals surface area contributed by atoms with Gasteiger partial charge >= 0.3 is 0 Å². The van der Waals surface area contributed by atoms with Crippen molar-refractivity contribution in [3.05, 3.63) is 35.9 Å². The van der Waals surface area contributed by atoms with Crippen molar-refractivity contribution in [1.29, 1.82) is 0 Å². The molecular weight excluding hydrogens is 314 g/mol. The lowest BCUT2D eigenvalue weighted by Crippen LogP contribution is -2.46. The number of hydrogen-bond donors (Lipinski definition) is 0. The average molecular weight is 337 g/mol. The third-order valence-electron chi connectivity index (χ3n) is 3.89. The SMILES string of the molecule is CN1CCN(C(=O)/C=C/c2ccc(S(=O)(=O)N(C)C)cc2)CC1. The Morgan fingerprint density at radius 3 is 2.17 bits per heavy atom. The van der Waals surface area contributed by atoms with Gasteiger partial charge in [0.2, 0.25) is 15.9 Å². The fourth-order valence-corrected chi connectivity index (χ4v) is 3.16. The number of amides is 1. The van der Waals surface area contributed by atoms with Crippen molar-refractivity contribution >= 4 is 22.0 Å². The molecule has 2 rings (SSSR count). The van der Waals surface area contributed by atoms with Crippen LogP contribution in [0.4, 0.5) is 0 Å². The molecule has 7 heteroatoms. The fraction of sp³-hybridized carbons (Fsp3) is 0.438. The summed E-state index contributed by atoms with van der Waals surface area (Å²) in [5.74, 6) is -0.0110. The molecule has 1 heterocycles. The number of nitrogens with zero attached hydrogens (tertiary/aromatic N) is 3. The van der Waals surface area contributed by atoms with Gasteiger partial charge in [-0.3, -0.25) is 4.79 Å². The van der Waals surface area contributed by atoms with Crippen molar-refractivity contribution in [1.82, 2.24) is 14.1 Å². The molecule has 1 fully saturated rings. The summed E-state index contributed by atoms with van der Waals surface area (Å²) in [5.41, 5.74) is 0.796. The molecule has 0 N–H and O–H groups in total. The van der Waals surface area contributed by atoms with Crippen LogP contribution in [0.1, 0.15) is 5.56 Å². The van der Waals surface area contributed by atoms with Gasteiger partial charge in [-0.25, -0.2) is 12.7 Å². The first kappa shape index (κ1) is 17.7. The molecule has 0 bridgehead atoms. The Kier molecular flexibility index (Phi) is 5.56. The quantitative estimate of drug-likeness (QED) is 0.760. The number of carbonyl (C=O) groups is 1. The molecule has 0 atom stereocenters. The minimum absolute atomic E-state index is 0.0110. The summed E-state index contributed by atoms with van der Waals surface area (Å²) in [7, 11) is 1.62. The van der Waals surface area contributed by atoms with Gasteiger partial charge in [-0.1, -0.05) is 12.1 Å². The molecule has 1 aromatic carbocycles. The summed E-state index contributed by atoms with van der Waals surface area (Å²) in [6, 6.07) is 6.50. The van der Waals surface area contributed by atoms with Gasteiger partial charge in [-0.2, -0.15) is 0 Å². The second-order valence-corrected chi connectivity index (χ2v) is 7.97. The van der Waals surface area contributed by atoms with Crippen LogP contribution in [0.2, 0.25) is 0 Å². The van der Waals surface area contributed by atoms with Crippen molar-refractivity contribution < 1.29 is 13.2 Å². The Balaban J connectivity index is 2.02. The smallest absolute Gasteiger partial charge is 0.246 e. The van der Waals surface area contributed by atoms with Crippen LogP contribution in [0, 0.1) is 0 Å². The van der Waals surface area contributed by atoms with E-state index in [9.17, 15) is 13.2 Å². The molecule has 23 heavy (non-hydrogen) atoms. The van der Waals surface area contributed by atoms with Gasteiger partial charge in [-0.15, -0.1) is 0 Å². The first-order valence-corrected chi connectivity index (χ1v) is 8.93. The van der Waals surface area contributed by atoms with Gasteiger partial charge in [0.05, 0.1) is 4.90 Å². The van der Waals surface area contributed by atoms with Crippen LogP contribution in [0.25, 0.3) is 6.08 Å². The van der Waals surface area contributed by atoms with Gasteiger partial charge in [0.1, 0.15) is 0 Å². The van der Waals surface area contributed by atoms with Crippen molar-refractivity contribution in [2.75, 3.05) is 47.3 Å². The van der Waals surface area contributed by atoms with Gasteiger partial charge in [0.25, 0.3) is 0 Å². The molecule has 1 saturated heterocycles. The van der Waals surface area contributed by atoms with Gasteiger partial charge < -0.3 is 9.80 Å². The monoisotopic (exact) mass is 337 g/mol. The third kappa shape index (κ3) is 4.40. The number of sulfonamides is 1. The topological polar surface area (TPSA) is 60.9 Å². The van der Waals surface area contributed by atoms with Crippen LogP contribution in [0.3, 0.4) is 0 Å². The van der Waals surface area contributed by atoms with Crippen molar-refractivity contribution in [3.63, 3.8) is 0 Å². The van der Waals surface area contributed by atoms with E-state index in [0.29, 0.717) is 0 Å². The van der Waals surface area contributed by atoms with Crippen molar-refractivity contribution in [2.45, 2.75) is 4.90 Å². The summed E-state index contributed by atoms with van der Waals surface area (Å²) in [6.07, 6.45) is 3.26. The van der Waals surface area contributed by atoms with E-state index in [2.05, 4.69) is 4.90 Å². The number of piperazine rings is 1. The number of hydrogen-bond acceptors (Lipinski definition) is 4. The minimum Gasteiger partial charge on any atom is -0.337 e. The maximum Gasteiger partial charge on any atom is 0.246 e. The van der Waals surface area contributed by atoms with E-state index in [-0.39, 0.29) is 10.8 Å². The Labute approximate surface area is 138 Å². The summed E-state index contributed by atoms with van der Waals surface area (Å²) < 4.78 is 25.1. The molecule has 1 amide bonds. The lowest BCUT2D eigenvalue weighted by atomic mass is 10.2.